The largest absolute Gasteiger partial charge is 0.496 e. The van der Waals surface area contributed by atoms with Crippen molar-refractivity contribution in [3.05, 3.63) is 100 Å². The van der Waals surface area contributed by atoms with Gasteiger partial charge in [-0.3, -0.25) is 4.99 Å². The molecule has 1 N–H and O–H groups in total. The molecule has 5 rings (SSSR count). The highest BCUT2D eigenvalue weighted by atomic mass is 79.9. The first-order valence-electron chi connectivity index (χ1n) is 10.2. The van der Waals surface area contributed by atoms with Gasteiger partial charge in [0.15, 0.2) is 0 Å². The molecule has 3 aromatic carbocycles. The van der Waals surface area contributed by atoms with Crippen LogP contribution in [0.5, 0.6) is 5.75 Å². The lowest BCUT2D eigenvalue weighted by molar-refractivity contribution is 0.414. The van der Waals surface area contributed by atoms with Crippen LogP contribution < -0.4 is 10.1 Å². The summed E-state index contributed by atoms with van der Waals surface area (Å²) in [6, 6.07) is 23.5. The van der Waals surface area contributed by atoms with E-state index in [4.69, 9.17) is 4.74 Å². The summed E-state index contributed by atoms with van der Waals surface area (Å²) in [4.78, 5) is 4.66. The quantitative estimate of drug-likeness (QED) is 0.336. The minimum absolute atomic E-state index is 0.308. The second-order valence-electron chi connectivity index (χ2n) is 7.80. The average molecular weight is 459 g/mol. The molecule has 0 fully saturated rings. The zero-order chi connectivity index (χ0) is 20.5. The second-order valence-corrected chi connectivity index (χ2v) is 8.71. The van der Waals surface area contributed by atoms with Crippen LogP contribution in [-0.2, 0) is 0 Å². The highest BCUT2D eigenvalue weighted by Gasteiger charge is 2.37. The van der Waals surface area contributed by atoms with Gasteiger partial charge in [0.25, 0.3) is 0 Å². The first-order valence-corrected chi connectivity index (χ1v) is 11.0. The van der Waals surface area contributed by atoms with E-state index in [-0.39, 0.29) is 0 Å². The number of fused-ring (bicyclic) bond motifs is 3. The lowest BCUT2D eigenvalue weighted by Crippen LogP contribution is -2.28. The third-order valence-corrected chi connectivity index (χ3v) is 6.56. The van der Waals surface area contributed by atoms with Crippen molar-refractivity contribution in [2.75, 3.05) is 12.4 Å². The number of anilines is 1. The van der Waals surface area contributed by atoms with Crippen molar-refractivity contribution in [3.8, 4) is 5.75 Å². The number of benzene rings is 3. The zero-order valence-electron chi connectivity index (χ0n) is 16.8. The van der Waals surface area contributed by atoms with E-state index in [2.05, 4.69) is 86.9 Å². The number of methoxy groups -OCH3 is 1. The SMILES string of the molecule is COc1ccc(Br)cc1C=Nc1ccc([C@@H]2Nc3ccccc3[C@H]3C=CC[C@H]32)cc1. The van der Waals surface area contributed by atoms with Crippen LogP contribution in [-0.4, -0.2) is 13.3 Å². The van der Waals surface area contributed by atoms with Gasteiger partial charge in [-0.15, -0.1) is 0 Å². The molecule has 0 amide bonds. The van der Waals surface area contributed by atoms with Crippen LogP contribution in [0.2, 0.25) is 0 Å². The van der Waals surface area contributed by atoms with Gasteiger partial charge in [0, 0.05) is 27.9 Å². The van der Waals surface area contributed by atoms with Gasteiger partial charge in [-0.2, -0.15) is 0 Å². The van der Waals surface area contributed by atoms with Crippen LogP contribution in [0.4, 0.5) is 11.4 Å². The maximum Gasteiger partial charge on any atom is 0.127 e. The highest BCUT2D eigenvalue weighted by Crippen LogP contribution is 2.49. The Balaban J connectivity index is 1.39. The minimum Gasteiger partial charge on any atom is -0.496 e. The Hall–Kier alpha value is -2.85. The predicted octanol–water partition coefficient (Wildman–Crippen LogP) is 7.03. The van der Waals surface area contributed by atoms with E-state index in [1.807, 2.05) is 24.4 Å². The first-order chi connectivity index (χ1) is 14.7. The van der Waals surface area contributed by atoms with Crippen molar-refractivity contribution in [2.45, 2.75) is 18.4 Å². The molecule has 1 aliphatic carbocycles. The highest BCUT2D eigenvalue weighted by molar-refractivity contribution is 9.10. The Morgan fingerprint density at radius 1 is 1.07 bits per heavy atom. The van der Waals surface area contributed by atoms with Crippen molar-refractivity contribution in [1.82, 2.24) is 0 Å². The minimum atomic E-state index is 0.308. The third kappa shape index (κ3) is 3.56. The number of ether oxygens (including phenoxy) is 1. The fourth-order valence-electron chi connectivity index (χ4n) is 4.59. The molecule has 0 unspecified atom stereocenters. The second kappa shape index (κ2) is 8.11. The number of aliphatic imine (C=N–C) groups is 1. The van der Waals surface area contributed by atoms with Crippen molar-refractivity contribution in [1.29, 1.82) is 0 Å². The van der Waals surface area contributed by atoms with E-state index in [1.165, 1.54) is 16.8 Å². The van der Waals surface area contributed by atoms with Gasteiger partial charge in [0.05, 0.1) is 18.8 Å². The Morgan fingerprint density at radius 2 is 1.90 bits per heavy atom. The molecule has 1 heterocycles. The van der Waals surface area contributed by atoms with Crippen LogP contribution in [0.25, 0.3) is 0 Å². The number of hydrogen-bond acceptors (Lipinski definition) is 3. The Morgan fingerprint density at radius 3 is 2.73 bits per heavy atom. The smallest absolute Gasteiger partial charge is 0.127 e. The summed E-state index contributed by atoms with van der Waals surface area (Å²) in [6.45, 7) is 0. The van der Waals surface area contributed by atoms with Crippen LogP contribution in [0.1, 0.15) is 35.1 Å². The van der Waals surface area contributed by atoms with E-state index in [0.29, 0.717) is 17.9 Å². The Bertz CT molecular complexity index is 1120. The molecular formula is C26H23BrN2O. The molecule has 4 heteroatoms. The summed E-state index contributed by atoms with van der Waals surface area (Å²) in [6.07, 6.45) is 7.67. The molecule has 0 radical (unpaired) electrons. The molecule has 0 aromatic heterocycles. The number of allylic oxidation sites excluding steroid dienone is 2. The van der Waals surface area contributed by atoms with Crippen LogP contribution in [0, 0.1) is 5.92 Å². The summed E-state index contributed by atoms with van der Waals surface area (Å²) < 4.78 is 6.43. The van der Waals surface area contributed by atoms with Gasteiger partial charge in [0.2, 0.25) is 0 Å². The molecule has 0 saturated carbocycles. The number of nitrogens with one attached hydrogen (secondary N) is 1. The molecule has 0 spiro atoms. The summed E-state index contributed by atoms with van der Waals surface area (Å²) in [7, 11) is 1.68. The van der Waals surface area contributed by atoms with Crippen LogP contribution in [0.15, 0.2) is 88.3 Å². The molecule has 3 atom stereocenters. The van der Waals surface area contributed by atoms with E-state index in [9.17, 15) is 0 Å². The summed E-state index contributed by atoms with van der Waals surface area (Å²) in [5.41, 5.74) is 5.84. The van der Waals surface area contributed by atoms with Crippen LogP contribution >= 0.6 is 15.9 Å². The van der Waals surface area contributed by atoms with Crippen molar-refractivity contribution < 1.29 is 4.74 Å². The van der Waals surface area contributed by atoms with Gasteiger partial charge < -0.3 is 10.1 Å². The molecule has 3 aromatic rings. The standard InChI is InChI=1S/C26H23BrN2O/c1-30-25-14-11-19(27)15-18(25)16-28-20-12-9-17(10-13-20)26-23-7-4-6-21(23)22-5-2-3-8-24(22)29-26/h2-6,8-16,21,23,26,29H,7H2,1H3/t21-,23-,26+/m1/s1. The summed E-state index contributed by atoms with van der Waals surface area (Å²) in [5.74, 6) is 1.86. The van der Waals surface area contributed by atoms with Gasteiger partial charge in [-0.25, -0.2) is 0 Å². The molecular weight excluding hydrogens is 436 g/mol. The fourth-order valence-corrected chi connectivity index (χ4v) is 4.97. The fraction of sp³-hybridized carbons (Fsp3) is 0.192. The Kier molecular flexibility index (Phi) is 5.17. The molecule has 30 heavy (non-hydrogen) atoms. The number of para-hydroxylation sites is 1. The molecule has 150 valence electrons. The van der Waals surface area contributed by atoms with Crippen LogP contribution in [0.3, 0.4) is 0 Å². The maximum absolute atomic E-state index is 5.43. The van der Waals surface area contributed by atoms with E-state index in [0.717, 1.165) is 27.9 Å². The molecule has 3 nitrogen and oxygen atoms in total. The van der Waals surface area contributed by atoms with Crippen molar-refractivity contribution in [2.24, 2.45) is 10.9 Å². The number of rotatable bonds is 4. The predicted molar refractivity (Wildman–Crippen MR) is 127 cm³/mol. The lowest BCUT2D eigenvalue weighted by atomic mass is 9.77. The zero-order valence-corrected chi connectivity index (χ0v) is 18.3. The van der Waals surface area contributed by atoms with Gasteiger partial charge in [-0.05, 0) is 59.9 Å². The summed E-state index contributed by atoms with van der Waals surface area (Å²) in [5, 5.41) is 3.78. The average Bonchev–Trinajstić information content (AvgIpc) is 3.28. The Labute approximate surface area is 185 Å². The number of nitrogens with zero attached hydrogens (tertiary/aromatic N) is 1. The van der Waals surface area contributed by atoms with Crippen molar-refractivity contribution in [3.63, 3.8) is 0 Å². The third-order valence-electron chi connectivity index (χ3n) is 6.07. The number of halogens is 1. The molecule has 0 bridgehead atoms. The van der Waals surface area contributed by atoms with Gasteiger partial charge >= 0.3 is 0 Å². The molecule has 1 aliphatic heterocycles. The van der Waals surface area contributed by atoms with E-state index < -0.39 is 0 Å². The lowest BCUT2D eigenvalue weighted by Gasteiger charge is -2.37. The number of hydrogen-bond donors (Lipinski definition) is 1. The monoisotopic (exact) mass is 458 g/mol. The molecule has 0 saturated heterocycles. The van der Waals surface area contributed by atoms with E-state index in [1.54, 1.807) is 7.11 Å². The summed E-state index contributed by atoms with van der Waals surface area (Å²) >= 11 is 3.51. The van der Waals surface area contributed by atoms with Crippen molar-refractivity contribution >= 4 is 33.5 Å². The van der Waals surface area contributed by atoms with E-state index >= 15 is 0 Å². The topological polar surface area (TPSA) is 33.6 Å². The first kappa shape index (κ1) is 19.1. The van der Waals surface area contributed by atoms with Gasteiger partial charge in [0.1, 0.15) is 5.75 Å². The van der Waals surface area contributed by atoms with Gasteiger partial charge in [-0.1, -0.05) is 58.4 Å². The molecule has 2 aliphatic rings. The maximum atomic E-state index is 5.43. The normalized spacial score (nSPS) is 21.9.